The Morgan fingerprint density at radius 1 is 0.921 bits per heavy atom. The molecule has 0 aliphatic carbocycles. The highest BCUT2D eigenvalue weighted by Gasteiger charge is 2.14. The maximum absolute atomic E-state index is 12.3. The number of hydrogen-bond donors (Lipinski definition) is 0. The quantitative estimate of drug-likeness (QED) is 0.261. The molecular formula is C26H22N8O3S. The lowest BCUT2D eigenvalue weighted by molar-refractivity contribution is 0.293. The second-order valence-corrected chi connectivity index (χ2v) is 10.3. The van der Waals surface area contributed by atoms with Crippen molar-refractivity contribution in [3.63, 3.8) is 0 Å². The maximum atomic E-state index is 12.3. The molecule has 0 saturated heterocycles. The third kappa shape index (κ3) is 5.26. The molecule has 190 valence electrons. The first-order chi connectivity index (χ1) is 18.5. The Morgan fingerprint density at radius 2 is 1.82 bits per heavy atom. The first kappa shape index (κ1) is 23.8. The minimum absolute atomic E-state index is 0.0288. The fourth-order valence-corrected chi connectivity index (χ4v) is 5.11. The van der Waals surface area contributed by atoms with E-state index in [1.807, 2.05) is 30.3 Å². The van der Waals surface area contributed by atoms with Crippen molar-refractivity contribution in [2.75, 3.05) is 6.61 Å². The predicted molar refractivity (Wildman–Crippen MR) is 140 cm³/mol. The van der Waals surface area contributed by atoms with Crippen LogP contribution in [0.1, 0.15) is 11.1 Å². The molecule has 0 amide bonds. The van der Waals surface area contributed by atoms with Crippen LogP contribution in [0.15, 0.2) is 85.5 Å². The minimum atomic E-state index is -3.69. The SMILES string of the molecule is O=S(=O)(Cc1ccccc1)OCCn1cc(-c2cnc3nnn(Cc4ccc5ncccc5c4)c3n2)cn1. The molecule has 6 rings (SSSR count). The Labute approximate surface area is 217 Å². The Balaban J connectivity index is 1.14. The van der Waals surface area contributed by atoms with Crippen molar-refractivity contribution >= 4 is 32.3 Å². The standard InChI is InChI=1S/C26H22N8O3S/c35-38(36,18-19-5-2-1-3-6-19)37-12-11-33-17-22(14-29-33)24-15-28-25-26(30-24)34(32-31-25)16-20-8-9-23-21(13-20)7-4-10-27-23/h1-10,13-15,17H,11-12,16,18H2. The molecule has 0 spiro atoms. The summed E-state index contributed by atoms with van der Waals surface area (Å²) in [7, 11) is -3.69. The molecule has 0 aliphatic rings. The summed E-state index contributed by atoms with van der Waals surface area (Å²) in [6.07, 6.45) is 6.81. The molecule has 0 radical (unpaired) electrons. The van der Waals surface area contributed by atoms with E-state index < -0.39 is 10.1 Å². The average molecular weight is 527 g/mol. The number of nitrogens with zero attached hydrogens (tertiary/aromatic N) is 8. The number of pyridine rings is 1. The Kier molecular flexibility index (Phi) is 6.32. The van der Waals surface area contributed by atoms with Gasteiger partial charge in [-0.05, 0) is 29.3 Å². The lowest BCUT2D eigenvalue weighted by Gasteiger charge is -2.06. The fourth-order valence-electron chi connectivity index (χ4n) is 4.09. The molecule has 4 heterocycles. The van der Waals surface area contributed by atoms with Crippen molar-refractivity contribution in [2.24, 2.45) is 0 Å². The van der Waals surface area contributed by atoms with Gasteiger partial charge in [0, 0.05) is 23.3 Å². The predicted octanol–water partition coefficient (Wildman–Crippen LogP) is 3.23. The number of benzene rings is 2. The van der Waals surface area contributed by atoms with Gasteiger partial charge in [0.25, 0.3) is 10.1 Å². The third-order valence-electron chi connectivity index (χ3n) is 5.93. The van der Waals surface area contributed by atoms with Crippen LogP contribution in [0.4, 0.5) is 0 Å². The van der Waals surface area contributed by atoms with Crippen molar-refractivity contribution in [3.8, 4) is 11.3 Å². The fraction of sp³-hybridized carbons (Fsp3) is 0.154. The van der Waals surface area contributed by atoms with Crippen molar-refractivity contribution in [2.45, 2.75) is 18.8 Å². The van der Waals surface area contributed by atoms with Crippen LogP contribution in [0.2, 0.25) is 0 Å². The van der Waals surface area contributed by atoms with Gasteiger partial charge in [0.15, 0.2) is 5.65 Å². The van der Waals surface area contributed by atoms with Crippen LogP contribution in [0.5, 0.6) is 0 Å². The van der Waals surface area contributed by atoms with Gasteiger partial charge in [0.05, 0.1) is 43.3 Å². The molecule has 0 atom stereocenters. The number of fused-ring (bicyclic) bond motifs is 2. The first-order valence-corrected chi connectivity index (χ1v) is 13.4. The highest BCUT2D eigenvalue weighted by atomic mass is 32.2. The first-order valence-electron chi connectivity index (χ1n) is 11.9. The van der Waals surface area contributed by atoms with Crippen molar-refractivity contribution < 1.29 is 12.6 Å². The van der Waals surface area contributed by atoms with E-state index in [9.17, 15) is 8.42 Å². The van der Waals surface area contributed by atoms with Gasteiger partial charge in [-0.25, -0.2) is 14.6 Å². The number of hydrogen-bond acceptors (Lipinski definition) is 9. The zero-order chi connectivity index (χ0) is 26.0. The van der Waals surface area contributed by atoms with E-state index >= 15 is 0 Å². The monoisotopic (exact) mass is 526 g/mol. The topological polar surface area (TPSA) is 131 Å². The maximum Gasteiger partial charge on any atom is 0.271 e. The number of rotatable bonds is 9. The van der Waals surface area contributed by atoms with Gasteiger partial charge in [0.2, 0.25) is 5.65 Å². The molecule has 38 heavy (non-hydrogen) atoms. The van der Waals surface area contributed by atoms with Gasteiger partial charge >= 0.3 is 0 Å². The van der Waals surface area contributed by atoms with E-state index in [-0.39, 0.29) is 18.9 Å². The second kappa shape index (κ2) is 10.1. The summed E-state index contributed by atoms with van der Waals surface area (Å²) >= 11 is 0. The summed E-state index contributed by atoms with van der Waals surface area (Å²) in [6.45, 7) is 0.715. The van der Waals surface area contributed by atoms with Gasteiger partial charge in [-0.1, -0.05) is 47.7 Å². The summed E-state index contributed by atoms with van der Waals surface area (Å²) in [5.74, 6) is -0.175. The van der Waals surface area contributed by atoms with E-state index in [2.05, 4.69) is 31.4 Å². The lowest BCUT2D eigenvalue weighted by Crippen LogP contribution is -2.13. The zero-order valence-corrected chi connectivity index (χ0v) is 20.9. The number of aromatic nitrogens is 8. The van der Waals surface area contributed by atoms with Crippen LogP contribution in [-0.4, -0.2) is 54.8 Å². The zero-order valence-electron chi connectivity index (χ0n) is 20.1. The van der Waals surface area contributed by atoms with Crippen LogP contribution in [0, 0.1) is 0 Å². The van der Waals surface area contributed by atoms with Crippen LogP contribution in [0.3, 0.4) is 0 Å². The molecule has 0 fully saturated rings. The molecule has 0 aliphatic heterocycles. The van der Waals surface area contributed by atoms with E-state index in [4.69, 9.17) is 9.17 Å². The highest BCUT2D eigenvalue weighted by Crippen LogP contribution is 2.19. The molecule has 2 aromatic carbocycles. The molecule has 12 heteroatoms. The molecule has 6 aromatic rings. The van der Waals surface area contributed by atoms with E-state index in [1.54, 1.807) is 58.4 Å². The summed E-state index contributed by atoms with van der Waals surface area (Å²) in [5.41, 5.74) is 4.98. The molecule has 11 nitrogen and oxygen atoms in total. The lowest BCUT2D eigenvalue weighted by atomic mass is 10.1. The van der Waals surface area contributed by atoms with Gasteiger partial charge in [-0.15, -0.1) is 5.10 Å². The molecular weight excluding hydrogens is 504 g/mol. The third-order valence-corrected chi connectivity index (χ3v) is 7.14. The Bertz CT molecular complexity index is 1830. The molecule has 0 N–H and O–H groups in total. The normalized spacial score (nSPS) is 11.9. The average Bonchev–Trinajstić information content (AvgIpc) is 3.56. The summed E-state index contributed by atoms with van der Waals surface area (Å²) in [5, 5.41) is 13.7. The second-order valence-electron chi connectivity index (χ2n) is 8.68. The summed E-state index contributed by atoms with van der Waals surface area (Å²) < 4.78 is 33.0. The molecule has 0 bridgehead atoms. The van der Waals surface area contributed by atoms with Crippen LogP contribution >= 0.6 is 0 Å². The highest BCUT2D eigenvalue weighted by molar-refractivity contribution is 7.85. The molecule has 0 unspecified atom stereocenters. The Morgan fingerprint density at radius 3 is 2.71 bits per heavy atom. The summed E-state index contributed by atoms with van der Waals surface area (Å²) in [4.78, 5) is 13.5. The molecule has 0 saturated carbocycles. The minimum Gasteiger partial charge on any atom is -0.270 e. The van der Waals surface area contributed by atoms with E-state index in [1.165, 1.54) is 0 Å². The molecule has 4 aromatic heterocycles. The van der Waals surface area contributed by atoms with Gasteiger partial charge in [-0.2, -0.15) is 13.5 Å². The van der Waals surface area contributed by atoms with Crippen molar-refractivity contribution in [1.29, 1.82) is 0 Å². The van der Waals surface area contributed by atoms with Crippen LogP contribution in [-0.2, 0) is 33.1 Å². The van der Waals surface area contributed by atoms with Gasteiger partial charge in [0.1, 0.15) is 5.75 Å². The van der Waals surface area contributed by atoms with E-state index in [0.717, 1.165) is 22.0 Å². The van der Waals surface area contributed by atoms with Crippen LogP contribution in [0.25, 0.3) is 33.5 Å². The smallest absolute Gasteiger partial charge is 0.270 e. The van der Waals surface area contributed by atoms with Crippen LogP contribution < -0.4 is 0 Å². The van der Waals surface area contributed by atoms with Crippen molar-refractivity contribution in [3.05, 3.63) is 96.6 Å². The largest absolute Gasteiger partial charge is 0.271 e. The Hall–Kier alpha value is -4.55. The van der Waals surface area contributed by atoms with Crippen molar-refractivity contribution in [1.82, 2.24) is 39.7 Å². The van der Waals surface area contributed by atoms with E-state index in [0.29, 0.717) is 29.1 Å². The van der Waals surface area contributed by atoms with Gasteiger partial charge < -0.3 is 0 Å². The van der Waals surface area contributed by atoms with Gasteiger partial charge in [-0.3, -0.25) is 13.8 Å². The summed E-state index contributed by atoms with van der Waals surface area (Å²) in [6, 6.07) is 18.9.